The quantitative estimate of drug-likeness (QED) is 0.924. The van der Waals surface area contributed by atoms with Crippen molar-refractivity contribution in [2.75, 3.05) is 25.0 Å². The molecule has 0 aliphatic carbocycles. The Balaban J connectivity index is 1.90. The smallest absolute Gasteiger partial charge is 0.238 e. The molecule has 110 valence electrons. The van der Waals surface area contributed by atoms with Crippen molar-refractivity contribution < 1.29 is 4.79 Å². The lowest BCUT2D eigenvalue weighted by molar-refractivity contribution is -0.117. The largest absolute Gasteiger partial charge is 0.325 e. The zero-order valence-electron chi connectivity index (χ0n) is 12.4. The lowest BCUT2D eigenvalue weighted by Crippen LogP contribution is -2.42. The van der Waals surface area contributed by atoms with Crippen LogP contribution in [0.4, 0.5) is 5.69 Å². The third-order valence-corrected chi connectivity index (χ3v) is 4.17. The summed E-state index contributed by atoms with van der Waals surface area (Å²) >= 11 is 6.07. The summed E-state index contributed by atoms with van der Waals surface area (Å²) in [5.74, 6) is 1.37. The minimum atomic E-state index is 0.0335. The highest BCUT2D eigenvalue weighted by atomic mass is 35.5. The first-order valence-electron chi connectivity index (χ1n) is 7.22. The van der Waals surface area contributed by atoms with E-state index in [1.54, 1.807) is 6.07 Å². The molecular weight excluding hydrogens is 272 g/mol. The van der Waals surface area contributed by atoms with E-state index in [0.717, 1.165) is 24.3 Å². The van der Waals surface area contributed by atoms with Gasteiger partial charge < -0.3 is 5.32 Å². The molecule has 1 heterocycles. The van der Waals surface area contributed by atoms with E-state index in [-0.39, 0.29) is 5.91 Å². The van der Waals surface area contributed by atoms with E-state index in [4.69, 9.17) is 11.6 Å². The Morgan fingerprint density at radius 3 is 2.60 bits per heavy atom. The minimum absolute atomic E-state index is 0.0335. The number of benzene rings is 1. The van der Waals surface area contributed by atoms with Crippen LogP contribution in [0.15, 0.2) is 18.2 Å². The van der Waals surface area contributed by atoms with Gasteiger partial charge in [0, 0.05) is 23.8 Å². The van der Waals surface area contributed by atoms with E-state index in [9.17, 15) is 4.79 Å². The summed E-state index contributed by atoms with van der Waals surface area (Å²) in [6, 6.07) is 5.61. The van der Waals surface area contributed by atoms with Crippen LogP contribution in [0.5, 0.6) is 0 Å². The third-order valence-electron chi connectivity index (χ3n) is 3.77. The SMILES string of the molecule is Cc1ccc(NC(=O)CN2C[C@H](C)C[C@H](C)C2)cc1Cl. The standard InChI is InChI=1S/C16H23ClN2O/c1-11-6-12(2)9-19(8-11)10-16(20)18-14-5-4-13(3)15(17)7-14/h4-5,7,11-12H,6,8-10H2,1-3H3,(H,18,20)/t11-,12+. The highest BCUT2D eigenvalue weighted by Gasteiger charge is 2.23. The molecule has 0 unspecified atom stereocenters. The second-order valence-electron chi connectivity index (χ2n) is 6.15. The number of aryl methyl sites for hydroxylation is 1. The third kappa shape index (κ3) is 4.22. The van der Waals surface area contributed by atoms with E-state index in [0.29, 0.717) is 23.4 Å². The summed E-state index contributed by atoms with van der Waals surface area (Å²) in [4.78, 5) is 14.3. The number of carbonyl (C=O) groups excluding carboxylic acids is 1. The van der Waals surface area contributed by atoms with Crippen LogP contribution in [0.3, 0.4) is 0 Å². The van der Waals surface area contributed by atoms with Gasteiger partial charge >= 0.3 is 0 Å². The van der Waals surface area contributed by atoms with Gasteiger partial charge in [0.2, 0.25) is 5.91 Å². The van der Waals surface area contributed by atoms with Gasteiger partial charge in [-0.25, -0.2) is 0 Å². The Morgan fingerprint density at radius 1 is 1.35 bits per heavy atom. The summed E-state index contributed by atoms with van der Waals surface area (Å²) in [6.45, 7) is 8.92. The first-order chi connectivity index (χ1) is 9.44. The highest BCUT2D eigenvalue weighted by molar-refractivity contribution is 6.31. The molecule has 4 heteroatoms. The Bertz CT molecular complexity index is 479. The number of likely N-dealkylation sites (tertiary alicyclic amines) is 1. The van der Waals surface area contributed by atoms with Crippen LogP contribution < -0.4 is 5.32 Å². The van der Waals surface area contributed by atoms with Gasteiger partial charge in [-0.05, 0) is 42.9 Å². The number of piperidine rings is 1. The first-order valence-corrected chi connectivity index (χ1v) is 7.60. The molecule has 2 atom stereocenters. The van der Waals surface area contributed by atoms with Crippen LogP contribution in [-0.2, 0) is 4.79 Å². The fourth-order valence-electron chi connectivity index (χ4n) is 3.00. The van der Waals surface area contributed by atoms with Crippen molar-refractivity contribution in [3.05, 3.63) is 28.8 Å². The van der Waals surface area contributed by atoms with E-state index in [1.165, 1.54) is 6.42 Å². The van der Waals surface area contributed by atoms with Crippen molar-refractivity contribution in [2.45, 2.75) is 27.2 Å². The Morgan fingerprint density at radius 2 is 2.00 bits per heavy atom. The normalized spacial score (nSPS) is 23.6. The number of nitrogens with one attached hydrogen (secondary N) is 1. The second-order valence-corrected chi connectivity index (χ2v) is 6.56. The van der Waals surface area contributed by atoms with Crippen molar-refractivity contribution in [1.29, 1.82) is 0 Å². The van der Waals surface area contributed by atoms with Gasteiger partial charge in [-0.2, -0.15) is 0 Å². The van der Waals surface area contributed by atoms with Crippen molar-refractivity contribution in [3.8, 4) is 0 Å². The van der Waals surface area contributed by atoms with Crippen LogP contribution in [0.1, 0.15) is 25.8 Å². The molecule has 0 spiro atoms. The fourth-order valence-corrected chi connectivity index (χ4v) is 3.18. The summed E-state index contributed by atoms with van der Waals surface area (Å²) in [5, 5.41) is 3.61. The molecule has 0 bridgehead atoms. The number of nitrogens with zero attached hydrogens (tertiary/aromatic N) is 1. The molecule has 1 fully saturated rings. The van der Waals surface area contributed by atoms with E-state index >= 15 is 0 Å². The maximum Gasteiger partial charge on any atom is 0.238 e. The summed E-state index contributed by atoms with van der Waals surface area (Å²) in [7, 11) is 0. The molecule has 0 radical (unpaired) electrons. The number of hydrogen-bond acceptors (Lipinski definition) is 2. The molecule has 2 rings (SSSR count). The molecule has 0 saturated carbocycles. The molecule has 3 nitrogen and oxygen atoms in total. The molecule has 1 aliphatic rings. The maximum atomic E-state index is 12.1. The molecule has 1 amide bonds. The molecule has 1 aromatic rings. The van der Waals surface area contributed by atoms with Gasteiger partial charge in [-0.15, -0.1) is 0 Å². The van der Waals surface area contributed by atoms with Gasteiger partial charge in [-0.3, -0.25) is 9.69 Å². The number of anilines is 1. The topological polar surface area (TPSA) is 32.3 Å². The van der Waals surface area contributed by atoms with Crippen molar-refractivity contribution >= 4 is 23.2 Å². The van der Waals surface area contributed by atoms with Crippen LogP contribution in [-0.4, -0.2) is 30.4 Å². The van der Waals surface area contributed by atoms with Crippen LogP contribution in [0.25, 0.3) is 0 Å². The summed E-state index contributed by atoms with van der Waals surface area (Å²) in [6.07, 6.45) is 1.26. The molecule has 0 aromatic heterocycles. The van der Waals surface area contributed by atoms with Crippen LogP contribution in [0.2, 0.25) is 5.02 Å². The average molecular weight is 295 g/mol. The molecule has 1 aromatic carbocycles. The van der Waals surface area contributed by atoms with Gasteiger partial charge in [0.15, 0.2) is 0 Å². The molecule has 1 N–H and O–H groups in total. The van der Waals surface area contributed by atoms with Gasteiger partial charge in [-0.1, -0.05) is 31.5 Å². The van der Waals surface area contributed by atoms with Crippen LogP contribution >= 0.6 is 11.6 Å². The Hall–Kier alpha value is -1.06. The lowest BCUT2D eigenvalue weighted by atomic mass is 9.92. The molecule has 1 saturated heterocycles. The van der Waals surface area contributed by atoms with Gasteiger partial charge in [0.05, 0.1) is 6.54 Å². The predicted molar refractivity (Wildman–Crippen MR) is 84.2 cm³/mol. The van der Waals surface area contributed by atoms with Gasteiger partial charge in [0.25, 0.3) is 0 Å². The van der Waals surface area contributed by atoms with Crippen LogP contribution in [0, 0.1) is 18.8 Å². The number of amides is 1. The Kier molecular flexibility index (Phi) is 5.06. The average Bonchev–Trinajstić information content (AvgIpc) is 2.32. The predicted octanol–water partition coefficient (Wildman–Crippen LogP) is 3.56. The van der Waals surface area contributed by atoms with Crippen molar-refractivity contribution in [1.82, 2.24) is 4.90 Å². The Labute approximate surface area is 126 Å². The fraction of sp³-hybridized carbons (Fsp3) is 0.562. The monoisotopic (exact) mass is 294 g/mol. The van der Waals surface area contributed by atoms with E-state index in [2.05, 4.69) is 24.1 Å². The summed E-state index contributed by atoms with van der Waals surface area (Å²) < 4.78 is 0. The number of carbonyl (C=O) groups is 1. The van der Waals surface area contributed by atoms with Crippen molar-refractivity contribution in [2.24, 2.45) is 11.8 Å². The number of rotatable bonds is 3. The zero-order valence-corrected chi connectivity index (χ0v) is 13.2. The van der Waals surface area contributed by atoms with E-state index < -0.39 is 0 Å². The van der Waals surface area contributed by atoms with Crippen molar-refractivity contribution in [3.63, 3.8) is 0 Å². The highest BCUT2D eigenvalue weighted by Crippen LogP contribution is 2.22. The zero-order chi connectivity index (χ0) is 14.7. The number of halogens is 1. The van der Waals surface area contributed by atoms with Gasteiger partial charge in [0.1, 0.15) is 0 Å². The second kappa shape index (κ2) is 6.59. The minimum Gasteiger partial charge on any atom is -0.325 e. The number of hydrogen-bond donors (Lipinski definition) is 1. The summed E-state index contributed by atoms with van der Waals surface area (Å²) in [5.41, 5.74) is 1.78. The molecular formula is C16H23ClN2O. The molecule has 1 aliphatic heterocycles. The lowest BCUT2D eigenvalue weighted by Gasteiger charge is -2.34. The maximum absolute atomic E-state index is 12.1. The first kappa shape index (κ1) is 15.3. The molecule has 20 heavy (non-hydrogen) atoms. The van der Waals surface area contributed by atoms with E-state index in [1.807, 2.05) is 19.1 Å².